The molecule has 2 atom stereocenters. The van der Waals surface area contributed by atoms with Crippen LogP contribution in [0.25, 0.3) is 0 Å². The van der Waals surface area contributed by atoms with Gasteiger partial charge in [0.1, 0.15) is 0 Å². The van der Waals surface area contributed by atoms with Crippen molar-refractivity contribution >= 4 is 14.0 Å². The highest BCUT2D eigenvalue weighted by atomic mass is 31.1. The first kappa shape index (κ1) is 15.2. The molecule has 0 aliphatic rings. The molecule has 0 aliphatic heterocycles. The second-order valence-corrected chi connectivity index (χ2v) is 4.67. The van der Waals surface area contributed by atoms with Crippen molar-refractivity contribution in [3.63, 3.8) is 0 Å². The van der Waals surface area contributed by atoms with Gasteiger partial charge in [-0.25, -0.2) is 0 Å². The average Bonchev–Trinajstić information content (AvgIpc) is 2.14. The summed E-state index contributed by atoms with van der Waals surface area (Å²) in [6.07, 6.45) is 1.20. The first-order valence-corrected chi connectivity index (χ1v) is 6.29. The minimum absolute atomic E-state index is 0.213. The Labute approximate surface area is 97.3 Å². The summed E-state index contributed by atoms with van der Waals surface area (Å²) in [5.41, 5.74) is -1.24. The summed E-state index contributed by atoms with van der Waals surface area (Å²) in [6, 6.07) is 0. The lowest BCUT2D eigenvalue weighted by atomic mass is 9.91. The molecule has 0 aromatic heterocycles. The van der Waals surface area contributed by atoms with Crippen LogP contribution in [0.15, 0.2) is 0 Å². The molecule has 0 saturated heterocycles. The quantitative estimate of drug-likeness (QED) is 0.597. The van der Waals surface area contributed by atoms with Crippen molar-refractivity contribution in [2.45, 2.75) is 46.1 Å². The molecule has 90 valence electrons. The summed E-state index contributed by atoms with van der Waals surface area (Å²) >= 11 is 0. The minimum atomic E-state index is -2.77. The molecule has 16 heavy (non-hydrogen) atoms. The van der Waals surface area contributed by atoms with Crippen LogP contribution in [0.5, 0.6) is 0 Å². The second-order valence-electron chi connectivity index (χ2n) is 4.02. The van der Waals surface area contributed by atoms with Gasteiger partial charge >= 0.3 is 8.25 Å². The zero-order valence-corrected chi connectivity index (χ0v) is 11.0. The van der Waals surface area contributed by atoms with Gasteiger partial charge in [-0.3, -0.25) is 4.79 Å². The van der Waals surface area contributed by atoms with Gasteiger partial charge < -0.3 is 0 Å². The molecule has 0 aromatic carbocycles. The van der Waals surface area contributed by atoms with Crippen molar-refractivity contribution in [3.05, 3.63) is 0 Å². The third-order valence-corrected chi connectivity index (χ3v) is 2.67. The smallest absolute Gasteiger partial charge is 0.296 e. The summed E-state index contributed by atoms with van der Waals surface area (Å²) in [6.45, 7) is 6.65. The average molecular weight is 245 g/mol. The number of hydrogen-bond donors (Lipinski definition) is 1. The van der Waals surface area contributed by atoms with E-state index in [1.165, 1.54) is 13.8 Å². The van der Waals surface area contributed by atoms with Crippen LogP contribution in [-0.4, -0.2) is 16.3 Å². The fourth-order valence-corrected chi connectivity index (χ4v) is 1.76. The van der Waals surface area contributed by atoms with Gasteiger partial charge in [-0.05, 0) is 13.8 Å². The van der Waals surface area contributed by atoms with Crippen LogP contribution in [0.4, 0.5) is 0 Å². The number of hydrogen-bond acceptors (Lipinski definition) is 3. The van der Waals surface area contributed by atoms with Crippen molar-refractivity contribution in [2.75, 3.05) is 0 Å². The third-order valence-electron chi connectivity index (χ3n) is 2.06. The van der Waals surface area contributed by atoms with E-state index in [1.54, 1.807) is 6.92 Å². The largest absolute Gasteiger partial charge is 0.695 e. The Morgan fingerprint density at radius 3 is 2.50 bits per heavy atom. The standard InChI is InChI=1S/C11H17O4P/c1-5-6-7-8-9(2)10(12)11(3,4)15-16(13)14/h9H,5,8H2,1-4H3/p+1/t9-/m0/s1. The van der Waals surface area contributed by atoms with E-state index >= 15 is 0 Å². The Kier molecular flexibility index (Phi) is 6.43. The Morgan fingerprint density at radius 2 is 2.06 bits per heavy atom. The van der Waals surface area contributed by atoms with Crippen molar-refractivity contribution in [1.29, 1.82) is 0 Å². The molecule has 0 radical (unpaired) electrons. The van der Waals surface area contributed by atoms with Crippen LogP contribution >= 0.6 is 8.25 Å². The molecule has 0 fully saturated rings. The van der Waals surface area contributed by atoms with Crippen molar-refractivity contribution in [3.8, 4) is 11.8 Å². The molecule has 4 nitrogen and oxygen atoms in total. The molecular formula is C11H18O4P+. The molecule has 5 heteroatoms. The molecule has 1 unspecified atom stereocenters. The maximum Gasteiger partial charge on any atom is 0.695 e. The zero-order valence-electron chi connectivity index (χ0n) is 10.1. The van der Waals surface area contributed by atoms with Crippen molar-refractivity contribution < 1.29 is 18.8 Å². The van der Waals surface area contributed by atoms with E-state index in [0.717, 1.165) is 6.42 Å². The molecule has 0 saturated carbocycles. The predicted octanol–water partition coefficient (Wildman–Crippen LogP) is 2.44. The Morgan fingerprint density at radius 1 is 1.50 bits per heavy atom. The number of carbonyl (C=O) groups is 1. The lowest BCUT2D eigenvalue weighted by Gasteiger charge is -2.18. The monoisotopic (exact) mass is 245 g/mol. The Balaban J connectivity index is 4.47. The van der Waals surface area contributed by atoms with E-state index in [1.807, 2.05) is 6.92 Å². The van der Waals surface area contributed by atoms with Crippen LogP contribution < -0.4 is 0 Å². The van der Waals surface area contributed by atoms with Gasteiger partial charge in [0.15, 0.2) is 11.4 Å². The molecule has 0 bridgehead atoms. The molecule has 0 amide bonds. The van der Waals surface area contributed by atoms with Crippen molar-refractivity contribution in [2.24, 2.45) is 5.92 Å². The van der Waals surface area contributed by atoms with Crippen LogP contribution in [0.1, 0.15) is 40.5 Å². The zero-order chi connectivity index (χ0) is 12.8. The number of carbonyl (C=O) groups excluding carboxylic acids is 1. The summed E-state index contributed by atoms with van der Waals surface area (Å²) in [5.74, 6) is 5.24. The molecule has 0 aliphatic carbocycles. The summed E-state index contributed by atoms with van der Waals surface area (Å²) in [4.78, 5) is 20.5. The number of ketones is 1. The van der Waals surface area contributed by atoms with Gasteiger partial charge in [0.25, 0.3) is 0 Å². The predicted molar refractivity (Wildman–Crippen MR) is 61.8 cm³/mol. The highest BCUT2D eigenvalue weighted by molar-refractivity contribution is 7.32. The molecular weight excluding hydrogens is 227 g/mol. The van der Waals surface area contributed by atoms with Crippen LogP contribution in [0.3, 0.4) is 0 Å². The normalized spacial score (nSPS) is 13.7. The second kappa shape index (κ2) is 6.75. The van der Waals surface area contributed by atoms with Gasteiger partial charge in [0.05, 0.1) is 0 Å². The van der Waals surface area contributed by atoms with Crippen LogP contribution in [0, 0.1) is 17.8 Å². The van der Waals surface area contributed by atoms with Gasteiger partial charge in [-0.15, -0.1) is 21.3 Å². The molecule has 0 aromatic rings. The molecule has 0 rings (SSSR count). The fourth-order valence-electron chi connectivity index (χ4n) is 1.28. The van der Waals surface area contributed by atoms with Gasteiger partial charge in [0, 0.05) is 23.3 Å². The maximum absolute atomic E-state index is 11.9. The van der Waals surface area contributed by atoms with E-state index in [0.29, 0.717) is 6.42 Å². The number of rotatable bonds is 5. The summed E-state index contributed by atoms with van der Waals surface area (Å²) in [7, 11) is -2.77. The Hall–Kier alpha value is -0.750. The SMILES string of the molecule is CCC#CC[C@H](C)C(=O)C(C)(C)O[P+](=O)O. The van der Waals surface area contributed by atoms with Crippen LogP contribution in [0.2, 0.25) is 0 Å². The van der Waals surface area contributed by atoms with Gasteiger partial charge in [-0.2, -0.15) is 0 Å². The third kappa shape index (κ3) is 5.37. The van der Waals surface area contributed by atoms with Gasteiger partial charge in [-0.1, -0.05) is 13.8 Å². The highest BCUT2D eigenvalue weighted by Crippen LogP contribution is 2.29. The first-order valence-electron chi connectivity index (χ1n) is 5.16. The van der Waals surface area contributed by atoms with E-state index in [-0.39, 0.29) is 11.7 Å². The lowest BCUT2D eigenvalue weighted by Crippen LogP contribution is -2.37. The molecule has 0 spiro atoms. The first-order chi connectivity index (χ1) is 7.31. The molecule has 1 N–H and O–H groups in total. The van der Waals surface area contributed by atoms with E-state index < -0.39 is 13.9 Å². The van der Waals surface area contributed by atoms with Crippen LogP contribution in [-0.2, 0) is 13.9 Å². The minimum Gasteiger partial charge on any atom is -0.296 e. The maximum atomic E-state index is 11.9. The lowest BCUT2D eigenvalue weighted by molar-refractivity contribution is -0.135. The number of Topliss-reactive ketones (excluding diaryl/α,β-unsaturated/α-hetero) is 1. The van der Waals surface area contributed by atoms with Crippen molar-refractivity contribution in [1.82, 2.24) is 0 Å². The van der Waals surface area contributed by atoms with E-state index in [4.69, 9.17) is 9.42 Å². The Bertz CT molecular complexity index is 325. The van der Waals surface area contributed by atoms with E-state index in [2.05, 4.69) is 11.8 Å². The van der Waals surface area contributed by atoms with E-state index in [9.17, 15) is 9.36 Å². The summed E-state index contributed by atoms with van der Waals surface area (Å²) in [5, 5.41) is 0. The highest BCUT2D eigenvalue weighted by Gasteiger charge is 2.40. The van der Waals surface area contributed by atoms with Gasteiger partial charge in [0.2, 0.25) is 0 Å². The summed E-state index contributed by atoms with van der Waals surface area (Å²) < 4.78 is 15.2. The topological polar surface area (TPSA) is 63.6 Å². The fraction of sp³-hybridized carbons (Fsp3) is 0.727. The molecule has 0 heterocycles.